The monoisotopic (exact) mass is 261 g/mol. The van der Waals surface area contributed by atoms with Gasteiger partial charge in [0.05, 0.1) is 39.1 Å². The van der Waals surface area contributed by atoms with Crippen molar-refractivity contribution in [3.05, 3.63) is 12.2 Å². The van der Waals surface area contributed by atoms with Crippen LogP contribution >= 0.6 is 0 Å². The maximum atomic E-state index is 9.57. The molecule has 0 aliphatic rings. The van der Waals surface area contributed by atoms with Crippen molar-refractivity contribution in [1.82, 2.24) is 5.32 Å². The molecule has 1 unspecified atom stereocenters. The van der Waals surface area contributed by atoms with Gasteiger partial charge in [0.15, 0.2) is 0 Å². The van der Waals surface area contributed by atoms with E-state index in [9.17, 15) is 5.11 Å². The van der Waals surface area contributed by atoms with E-state index < -0.39 is 6.10 Å². The zero-order valence-corrected chi connectivity index (χ0v) is 11.6. The average molecular weight is 261 g/mol. The van der Waals surface area contributed by atoms with Crippen molar-refractivity contribution in [3.8, 4) is 0 Å². The van der Waals surface area contributed by atoms with Crippen LogP contribution < -0.4 is 5.32 Å². The Hall–Kier alpha value is -0.460. The van der Waals surface area contributed by atoms with Crippen LogP contribution in [0.2, 0.25) is 0 Å². The number of aliphatic hydroxyl groups excluding tert-OH is 1. The molecule has 0 amide bonds. The number of hydrogen-bond donors (Lipinski definition) is 2. The van der Waals surface area contributed by atoms with Gasteiger partial charge in [0.1, 0.15) is 0 Å². The summed E-state index contributed by atoms with van der Waals surface area (Å²) in [6, 6.07) is 0. The molecule has 108 valence electrons. The van der Waals surface area contributed by atoms with E-state index in [0.717, 1.165) is 5.57 Å². The van der Waals surface area contributed by atoms with Crippen LogP contribution in [0.15, 0.2) is 12.2 Å². The molecule has 0 aromatic carbocycles. The first-order valence-corrected chi connectivity index (χ1v) is 6.43. The molecule has 1 atom stereocenters. The molecule has 0 bridgehead atoms. The van der Waals surface area contributed by atoms with Crippen LogP contribution in [-0.2, 0) is 14.2 Å². The lowest BCUT2D eigenvalue weighted by atomic mass is 10.4. The van der Waals surface area contributed by atoms with Gasteiger partial charge in [-0.15, -0.1) is 0 Å². The zero-order chi connectivity index (χ0) is 13.6. The molecule has 0 aliphatic carbocycles. The Morgan fingerprint density at radius 3 is 2.61 bits per heavy atom. The Kier molecular flexibility index (Phi) is 12.7. The Labute approximate surface area is 110 Å². The van der Waals surface area contributed by atoms with Gasteiger partial charge in [-0.25, -0.2) is 0 Å². The first-order valence-electron chi connectivity index (χ1n) is 6.43. The third-order valence-corrected chi connectivity index (χ3v) is 2.04. The van der Waals surface area contributed by atoms with Crippen LogP contribution in [0.25, 0.3) is 0 Å². The fourth-order valence-electron chi connectivity index (χ4n) is 1.20. The average Bonchev–Trinajstić information content (AvgIpc) is 2.33. The third kappa shape index (κ3) is 13.6. The predicted octanol–water partition coefficient (Wildman–Crippen LogP) is 0.583. The Balaban J connectivity index is 3.16. The van der Waals surface area contributed by atoms with Gasteiger partial charge >= 0.3 is 0 Å². The molecular formula is C13H27NO4. The van der Waals surface area contributed by atoms with Crippen molar-refractivity contribution in [2.45, 2.75) is 20.0 Å². The van der Waals surface area contributed by atoms with Gasteiger partial charge in [-0.3, -0.25) is 0 Å². The largest absolute Gasteiger partial charge is 0.389 e. The molecule has 0 fully saturated rings. The zero-order valence-electron chi connectivity index (χ0n) is 11.6. The smallest absolute Gasteiger partial charge is 0.0897 e. The van der Waals surface area contributed by atoms with Crippen molar-refractivity contribution in [2.75, 3.05) is 52.7 Å². The lowest BCUT2D eigenvalue weighted by Gasteiger charge is -2.12. The van der Waals surface area contributed by atoms with Crippen molar-refractivity contribution < 1.29 is 19.3 Å². The van der Waals surface area contributed by atoms with Crippen LogP contribution in [0.3, 0.4) is 0 Å². The molecule has 5 heteroatoms. The summed E-state index contributed by atoms with van der Waals surface area (Å²) in [6.07, 6.45) is -0.493. The molecule has 0 aromatic rings. The van der Waals surface area contributed by atoms with Gasteiger partial charge < -0.3 is 24.6 Å². The predicted molar refractivity (Wildman–Crippen MR) is 71.8 cm³/mol. The molecule has 0 saturated carbocycles. The van der Waals surface area contributed by atoms with E-state index in [2.05, 4.69) is 11.9 Å². The minimum Gasteiger partial charge on any atom is -0.389 e. The molecule has 0 rings (SSSR count). The highest BCUT2D eigenvalue weighted by Crippen LogP contribution is 1.88. The van der Waals surface area contributed by atoms with Crippen molar-refractivity contribution >= 4 is 0 Å². The van der Waals surface area contributed by atoms with Gasteiger partial charge in [0.25, 0.3) is 0 Å². The standard InChI is InChI=1S/C13H27NO4/c1-4-16-7-8-18-11-13(15)9-14-5-6-17-10-12(2)3/h13-15H,2,4-11H2,1,3H3. The van der Waals surface area contributed by atoms with Crippen LogP contribution in [0, 0.1) is 0 Å². The van der Waals surface area contributed by atoms with Gasteiger partial charge in [-0.05, 0) is 13.8 Å². The summed E-state index contributed by atoms with van der Waals surface area (Å²) in [5.41, 5.74) is 1.01. The summed E-state index contributed by atoms with van der Waals surface area (Å²) in [6.45, 7) is 12.1. The summed E-state index contributed by atoms with van der Waals surface area (Å²) in [5, 5.41) is 12.7. The van der Waals surface area contributed by atoms with Crippen molar-refractivity contribution in [1.29, 1.82) is 0 Å². The second-order valence-corrected chi connectivity index (χ2v) is 4.14. The van der Waals surface area contributed by atoms with Gasteiger partial charge in [0, 0.05) is 19.7 Å². The van der Waals surface area contributed by atoms with Crippen LogP contribution in [0.1, 0.15) is 13.8 Å². The van der Waals surface area contributed by atoms with Crippen LogP contribution in [-0.4, -0.2) is 63.9 Å². The highest BCUT2D eigenvalue weighted by atomic mass is 16.5. The highest BCUT2D eigenvalue weighted by molar-refractivity contribution is 4.87. The summed E-state index contributed by atoms with van der Waals surface area (Å²) in [5.74, 6) is 0. The quantitative estimate of drug-likeness (QED) is 0.375. The summed E-state index contributed by atoms with van der Waals surface area (Å²) >= 11 is 0. The number of rotatable bonds is 13. The molecular weight excluding hydrogens is 234 g/mol. The minimum atomic E-state index is -0.493. The molecule has 0 saturated heterocycles. The van der Waals surface area contributed by atoms with Crippen LogP contribution in [0.4, 0.5) is 0 Å². The number of ether oxygens (including phenoxy) is 3. The molecule has 0 aromatic heterocycles. The van der Waals surface area contributed by atoms with E-state index in [1.54, 1.807) is 0 Å². The maximum absolute atomic E-state index is 9.57. The Morgan fingerprint density at radius 1 is 1.22 bits per heavy atom. The number of hydrogen-bond acceptors (Lipinski definition) is 5. The first kappa shape index (κ1) is 17.5. The maximum Gasteiger partial charge on any atom is 0.0897 e. The van der Waals surface area contributed by atoms with Crippen molar-refractivity contribution in [2.24, 2.45) is 0 Å². The molecule has 0 aliphatic heterocycles. The van der Waals surface area contributed by atoms with Crippen LogP contribution in [0.5, 0.6) is 0 Å². The van der Waals surface area contributed by atoms with Gasteiger partial charge in [-0.2, -0.15) is 0 Å². The normalized spacial score (nSPS) is 12.6. The van der Waals surface area contributed by atoms with Crippen molar-refractivity contribution in [3.63, 3.8) is 0 Å². The molecule has 18 heavy (non-hydrogen) atoms. The molecule has 5 nitrogen and oxygen atoms in total. The fraction of sp³-hybridized carbons (Fsp3) is 0.846. The Bertz CT molecular complexity index is 199. The Morgan fingerprint density at radius 2 is 1.94 bits per heavy atom. The third-order valence-electron chi connectivity index (χ3n) is 2.04. The molecule has 2 N–H and O–H groups in total. The second-order valence-electron chi connectivity index (χ2n) is 4.14. The highest BCUT2D eigenvalue weighted by Gasteiger charge is 2.03. The first-order chi connectivity index (χ1) is 8.66. The van der Waals surface area contributed by atoms with E-state index in [4.69, 9.17) is 14.2 Å². The molecule has 0 spiro atoms. The molecule has 0 radical (unpaired) electrons. The van der Waals surface area contributed by atoms with E-state index >= 15 is 0 Å². The second kappa shape index (κ2) is 13.0. The summed E-state index contributed by atoms with van der Waals surface area (Å²) < 4.78 is 15.7. The molecule has 0 heterocycles. The van der Waals surface area contributed by atoms with E-state index in [1.165, 1.54) is 0 Å². The number of aliphatic hydroxyl groups is 1. The van der Waals surface area contributed by atoms with Gasteiger partial charge in [-0.1, -0.05) is 12.2 Å². The van der Waals surface area contributed by atoms with E-state index in [1.807, 2.05) is 13.8 Å². The van der Waals surface area contributed by atoms with Gasteiger partial charge in [0.2, 0.25) is 0 Å². The topological polar surface area (TPSA) is 60.0 Å². The lowest BCUT2D eigenvalue weighted by Crippen LogP contribution is -2.32. The van der Waals surface area contributed by atoms with E-state index in [0.29, 0.717) is 52.7 Å². The lowest BCUT2D eigenvalue weighted by molar-refractivity contribution is 0.00606. The number of nitrogens with one attached hydrogen (secondary N) is 1. The summed E-state index contributed by atoms with van der Waals surface area (Å²) in [7, 11) is 0. The minimum absolute atomic E-state index is 0.326. The van der Waals surface area contributed by atoms with E-state index in [-0.39, 0.29) is 0 Å². The fourth-order valence-corrected chi connectivity index (χ4v) is 1.20. The SMILES string of the molecule is C=C(C)COCCNCC(O)COCCOCC. The summed E-state index contributed by atoms with van der Waals surface area (Å²) in [4.78, 5) is 0.